The Morgan fingerprint density at radius 3 is 2.74 bits per heavy atom. The van der Waals surface area contributed by atoms with E-state index in [0.29, 0.717) is 11.5 Å². The van der Waals surface area contributed by atoms with Crippen molar-refractivity contribution in [3.05, 3.63) is 10.6 Å². The number of nitrogens with zero attached hydrogens (tertiary/aromatic N) is 2. The van der Waals surface area contributed by atoms with E-state index in [9.17, 15) is 0 Å². The molecule has 0 radical (unpaired) electrons. The van der Waals surface area contributed by atoms with Crippen LogP contribution < -0.4 is 10.6 Å². The van der Waals surface area contributed by atoms with Gasteiger partial charge < -0.3 is 10.6 Å². The maximum Gasteiger partial charge on any atom is 0.186 e. The predicted octanol–water partition coefficient (Wildman–Crippen LogP) is 3.35. The number of rotatable bonds is 1. The number of aromatic nitrogens is 1. The van der Waals surface area contributed by atoms with Crippen LogP contribution in [-0.2, 0) is 6.42 Å². The third-order valence-electron chi connectivity index (χ3n) is 4.50. The maximum absolute atomic E-state index is 6.35. The SMILES string of the molecule is CC1CC(C)N(c2nc3c(s2)C(N)CC(C)(C)C3)C1. The molecule has 4 heteroatoms. The number of fused-ring (bicyclic) bond motifs is 1. The summed E-state index contributed by atoms with van der Waals surface area (Å²) in [6, 6.07) is 0.798. The number of nitrogens with two attached hydrogens (primary N) is 1. The van der Waals surface area contributed by atoms with Crippen LogP contribution >= 0.6 is 11.3 Å². The normalized spacial score (nSPS) is 33.5. The lowest BCUT2D eigenvalue weighted by atomic mass is 9.77. The van der Waals surface area contributed by atoms with Crippen LogP contribution in [0.2, 0.25) is 0 Å². The molecule has 0 aromatic carbocycles. The van der Waals surface area contributed by atoms with Crippen molar-refractivity contribution >= 4 is 16.5 Å². The summed E-state index contributed by atoms with van der Waals surface area (Å²) in [6.07, 6.45) is 3.43. The Labute approximate surface area is 120 Å². The third kappa shape index (κ3) is 2.40. The van der Waals surface area contributed by atoms with Gasteiger partial charge in [-0.3, -0.25) is 0 Å². The van der Waals surface area contributed by atoms with Crippen molar-refractivity contribution in [1.82, 2.24) is 4.98 Å². The maximum atomic E-state index is 6.35. The summed E-state index contributed by atoms with van der Waals surface area (Å²) >= 11 is 1.84. The van der Waals surface area contributed by atoms with E-state index in [2.05, 4.69) is 32.6 Å². The molecule has 3 rings (SSSR count). The first kappa shape index (κ1) is 13.4. The number of anilines is 1. The highest BCUT2D eigenvalue weighted by Gasteiger charge is 2.35. The first-order chi connectivity index (χ1) is 8.85. The zero-order valence-electron chi connectivity index (χ0n) is 12.4. The van der Waals surface area contributed by atoms with Crippen molar-refractivity contribution in [2.75, 3.05) is 11.4 Å². The fraction of sp³-hybridized carbons (Fsp3) is 0.800. The van der Waals surface area contributed by atoms with Crippen LogP contribution in [0.25, 0.3) is 0 Å². The standard InChI is InChI=1S/C15H25N3S/c1-9-5-10(2)18(8-9)14-17-12-7-15(3,4)6-11(16)13(12)19-14/h9-11H,5-8,16H2,1-4H3. The lowest BCUT2D eigenvalue weighted by Crippen LogP contribution is -2.29. The van der Waals surface area contributed by atoms with Gasteiger partial charge in [0.25, 0.3) is 0 Å². The molecule has 1 aromatic heterocycles. The highest BCUT2D eigenvalue weighted by atomic mass is 32.1. The van der Waals surface area contributed by atoms with Crippen molar-refractivity contribution in [3.8, 4) is 0 Å². The molecule has 1 aliphatic carbocycles. The molecule has 2 heterocycles. The average molecular weight is 279 g/mol. The van der Waals surface area contributed by atoms with Gasteiger partial charge in [0.15, 0.2) is 5.13 Å². The quantitative estimate of drug-likeness (QED) is 0.857. The predicted molar refractivity (Wildman–Crippen MR) is 81.7 cm³/mol. The van der Waals surface area contributed by atoms with Crippen LogP contribution in [0.3, 0.4) is 0 Å². The first-order valence-electron chi connectivity index (χ1n) is 7.37. The smallest absolute Gasteiger partial charge is 0.186 e. The van der Waals surface area contributed by atoms with Crippen LogP contribution in [0.4, 0.5) is 5.13 Å². The molecule has 0 spiro atoms. The zero-order chi connectivity index (χ0) is 13.8. The van der Waals surface area contributed by atoms with Gasteiger partial charge in [-0.2, -0.15) is 0 Å². The largest absolute Gasteiger partial charge is 0.345 e. The van der Waals surface area contributed by atoms with Gasteiger partial charge in [0.1, 0.15) is 0 Å². The highest BCUT2D eigenvalue weighted by molar-refractivity contribution is 7.15. The minimum absolute atomic E-state index is 0.181. The fourth-order valence-corrected chi connectivity index (χ4v) is 4.86. The molecule has 106 valence electrons. The van der Waals surface area contributed by atoms with Crippen molar-refractivity contribution in [1.29, 1.82) is 0 Å². The van der Waals surface area contributed by atoms with E-state index in [1.54, 1.807) is 0 Å². The second-order valence-corrected chi connectivity index (χ2v) is 8.31. The van der Waals surface area contributed by atoms with E-state index < -0.39 is 0 Å². The summed E-state index contributed by atoms with van der Waals surface area (Å²) in [7, 11) is 0. The summed E-state index contributed by atoms with van der Waals surface area (Å²) < 4.78 is 0. The van der Waals surface area contributed by atoms with Gasteiger partial charge in [-0.15, -0.1) is 0 Å². The van der Waals surface area contributed by atoms with E-state index in [1.807, 2.05) is 11.3 Å². The monoisotopic (exact) mass is 279 g/mol. The zero-order valence-corrected chi connectivity index (χ0v) is 13.3. The van der Waals surface area contributed by atoms with Crippen LogP contribution in [0, 0.1) is 11.3 Å². The summed E-state index contributed by atoms with van der Waals surface area (Å²) in [5.74, 6) is 0.779. The molecule has 3 atom stereocenters. The molecule has 1 aliphatic heterocycles. The third-order valence-corrected chi connectivity index (χ3v) is 5.77. The Hall–Kier alpha value is -0.610. The Morgan fingerprint density at radius 1 is 1.37 bits per heavy atom. The molecule has 1 aromatic rings. The molecule has 3 unspecified atom stereocenters. The molecular weight excluding hydrogens is 254 g/mol. The van der Waals surface area contributed by atoms with Gasteiger partial charge in [0.05, 0.1) is 5.69 Å². The van der Waals surface area contributed by atoms with Crippen molar-refractivity contribution in [2.24, 2.45) is 17.1 Å². The number of hydrogen-bond acceptors (Lipinski definition) is 4. The van der Waals surface area contributed by atoms with Gasteiger partial charge in [0.2, 0.25) is 0 Å². The molecule has 1 saturated heterocycles. The summed E-state index contributed by atoms with van der Waals surface area (Å²) in [5, 5.41) is 1.20. The molecule has 3 nitrogen and oxygen atoms in total. The topological polar surface area (TPSA) is 42.2 Å². The molecule has 19 heavy (non-hydrogen) atoms. The van der Waals surface area contributed by atoms with Crippen LogP contribution in [0.15, 0.2) is 0 Å². The van der Waals surface area contributed by atoms with Crippen molar-refractivity contribution < 1.29 is 0 Å². The minimum Gasteiger partial charge on any atom is -0.345 e. The molecular formula is C15H25N3S. The molecule has 1 fully saturated rings. The van der Waals surface area contributed by atoms with Crippen LogP contribution in [0.5, 0.6) is 0 Å². The van der Waals surface area contributed by atoms with E-state index in [1.165, 1.54) is 22.1 Å². The van der Waals surface area contributed by atoms with E-state index >= 15 is 0 Å². The lowest BCUT2D eigenvalue weighted by molar-refractivity contribution is 0.282. The summed E-state index contributed by atoms with van der Waals surface area (Å²) in [4.78, 5) is 8.74. The van der Waals surface area contributed by atoms with E-state index in [-0.39, 0.29) is 6.04 Å². The van der Waals surface area contributed by atoms with Crippen LogP contribution in [0.1, 0.15) is 57.1 Å². The van der Waals surface area contributed by atoms with Crippen molar-refractivity contribution in [2.45, 2.75) is 59.0 Å². The lowest BCUT2D eigenvalue weighted by Gasteiger charge is -2.32. The number of thiazole rings is 1. The summed E-state index contributed by atoms with van der Waals surface area (Å²) in [5.41, 5.74) is 7.90. The van der Waals surface area contributed by atoms with Gasteiger partial charge in [-0.1, -0.05) is 32.1 Å². The Morgan fingerprint density at radius 2 is 2.11 bits per heavy atom. The molecule has 0 amide bonds. The molecule has 2 aliphatic rings. The Balaban J connectivity index is 1.91. The van der Waals surface area contributed by atoms with Gasteiger partial charge >= 0.3 is 0 Å². The molecule has 2 N–H and O–H groups in total. The van der Waals surface area contributed by atoms with Crippen molar-refractivity contribution in [3.63, 3.8) is 0 Å². The van der Waals surface area contributed by atoms with Gasteiger partial charge in [0, 0.05) is 23.5 Å². The van der Waals surface area contributed by atoms with E-state index in [4.69, 9.17) is 10.7 Å². The molecule has 0 saturated carbocycles. The minimum atomic E-state index is 0.181. The second-order valence-electron chi connectivity index (χ2n) is 7.30. The van der Waals surface area contributed by atoms with Gasteiger partial charge in [-0.05, 0) is 37.5 Å². The Kier molecular flexibility index (Phi) is 3.13. The fourth-order valence-electron chi connectivity index (χ4n) is 3.67. The number of hydrogen-bond donors (Lipinski definition) is 1. The average Bonchev–Trinajstić information content (AvgIpc) is 2.80. The first-order valence-corrected chi connectivity index (χ1v) is 8.19. The highest BCUT2D eigenvalue weighted by Crippen LogP contribution is 2.44. The summed E-state index contributed by atoms with van der Waals surface area (Å²) in [6.45, 7) is 10.4. The van der Waals surface area contributed by atoms with Gasteiger partial charge in [-0.25, -0.2) is 4.98 Å². The van der Waals surface area contributed by atoms with E-state index in [0.717, 1.165) is 25.3 Å². The molecule has 0 bridgehead atoms. The second kappa shape index (κ2) is 4.45. The van der Waals surface area contributed by atoms with Crippen LogP contribution in [-0.4, -0.2) is 17.6 Å². The Bertz CT molecular complexity index is 480.